The fourth-order valence-corrected chi connectivity index (χ4v) is 3.48. The molecule has 0 amide bonds. The van der Waals surface area contributed by atoms with E-state index in [2.05, 4.69) is 18.0 Å². The summed E-state index contributed by atoms with van der Waals surface area (Å²) in [7, 11) is 1.60. The van der Waals surface area contributed by atoms with E-state index in [0.29, 0.717) is 34.4 Å². The first-order valence-corrected chi connectivity index (χ1v) is 10.2. The molecule has 0 aliphatic heterocycles. The Hall–Kier alpha value is -3.17. The summed E-state index contributed by atoms with van der Waals surface area (Å²) >= 11 is 1.38. The molecule has 1 aromatic heterocycles. The van der Waals surface area contributed by atoms with Gasteiger partial charge in [-0.15, -0.1) is 11.3 Å². The highest BCUT2D eigenvalue weighted by Crippen LogP contribution is 2.31. The van der Waals surface area contributed by atoms with Crippen molar-refractivity contribution in [1.29, 1.82) is 5.26 Å². The Kier molecular flexibility index (Phi) is 6.99. The minimum Gasteiger partial charge on any atom is -0.493 e. The molecule has 0 radical (unpaired) electrons. The zero-order chi connectivity index (χ0) is 20.6. The van der Waals surface area contributed by atoms with Gasteiger partial charge in [0.1, 0.15) is 16.9 Å². The fourth-order valence-electron chi connectivity index (χ4n) is 2.68. The number of hydrogen-bond donors (Lipinski definition) is 0. The second-order valence-electron chi connectivity index (χ2n) is 6.33. The Balaban J connectivity index is 1.87. The van der Waals surface area contributed by atoms with Crippen LogP contribution in [0.15, 0.2) is 47.8 Å². The topological polar surface area (TPSA) is 55.1 Å². The molecule has 3 rings (SSSR count). The van der Waals surface area contributed by atoms with Crippen LogP contribution in [0, 0.1) is 17.1 Å². The number of hydrogen-bond acceptors (Lipinski definition) is 5. The molecular weight excluding hydrogens is 387 g/mol. The molecule has 0 saturated heterocycles. The molecule has 0 atom stereocenters. The van der Waals surface area contributed by atoms with Gasteiger partial charge in [-0.2, -0.15) is 5.26 Å². The lowest BCUT2D eigenvalue weighted by Gasteiger charge is -2.11. The lowest BCUT2D eigenvalue weighted by Crippen LogP contribution is -1.99. The number of allylic oxidation sites excluding steroid dienone is 1. The number of halogens is 1. The summed E-state index contributed by atoms with van der Waals surface area (Å²) in [6.07, 6.45) is 3.78. The smallest absolute Gasteiger partial charge is 0.161 e. The van der Waals surface area contributed by atoms with E-state index in [4.69, 9.17) is 9.47 Å². The van der Waals surface area contributed by atoms with Gasteiger partial charge in [-0.25, -0.2) is 9.37 Å². The second kappa shape index (κ2) is 9.85. The van der Waals surface area contributed by atoms with Crippen LogP contribution in [0.1, 0.15) is 30.3 Å². The van der Waals surface area contributed by atoms with Crippen LogP contribution in [0.2, 0.25) is 0 Å². The standard InChI is InChI=1S/C23H21FN2O2S/c1-3-4-11-28-22-13-16(5-10-21(22)27-2)12-18(14-25)23-26-20(15-29-23)17-6-8-19(24)9-7-17/h5-10,12-13,15H,3-4,11H2,1-2H3/b18-12+. The summed E-state index contributed by atoms with van der Waals surface area (Å²) in [5, 5.41) is 12.1. The predicted octanol–water partition coefficient (Wildman–Crippen LogP) is 6.20. The van der Waals surface area contributed by atoms with E-state index in [1.165, 1.54) is 23.5 Å². The van der Waals surface area contributed by atoms with Crippen molar-refractivity contribution >= 4 is 23.0 Å². The van der Waals surface area contributed by atoms with Crippen LogP contribution < -0.4 is 9.47 Å². The van der Waals surface area contributed by atoms with Crippen LogP contribution in [0.4, 0.5) is 4.39 Å². The minimum atomic E-state index is -0.293. The van der Waals surface area contributed by atoms with E-state index in [0.717, 1.165) is 24.0 Å². The molecule has 2 aromatic carbocycles. The van der Waals surface area contributed by atoms with Gasteiger partial charge in [0.25, 0.3) is 0 Å². The maximum atomic E-state index is 13.1. The molecule has 0 N–H and O–H groups in total. The zero-order valence-electron chi connectivity index (χ0n) is 16.3. The maximum absolute atomic E-state index is 13.1. The fraction of sp³-hybridized carbons (Fsp3) is 0.217. The Labute approximate surface area is 173 Å². The highest BCUT2D eigenvalue weighted by molar-refractivity contribution is 7.11. The van der Waals surface area contributed by atoms with Gasteiger partial charge < -0.3 is 9.47 Å². The van der Waals surface area contributed by atoms with Gasteiger partial charge in [-0.1, -0.05) is 19.4 Å². The molecule has 29 heavy (non-hydrogen) atoms. The predicted molar refractivity (Wildman–Crippen MR) is 114 cm³/mol. The van der Waals surface area contributed by atoms with Gasteiger partial charge in [0, 0.05) is 10.9 Å². The molecule has 0 spiro atoms. The van der Waals surface area contributed by atoms with Gasteiger partial charge in [0.2, 0.25) is 0 Å². The highest BCUT2D eigenvalue weighted by atomic mass is 32.1. The molecule has 0 saturated carbocycles. The van der Waals surface area contributed by atoms with Gasteiger partial charge >= 0.3 is 0 Å². The van der Waals surface area contributed by atoms with E-state index >= 15 is 0 Å². The van der Waals surface area contributed by atoms with Crippen molar-refractivity contribution in [3.63, 3.8) is 0 Å². The number of thiazole rings is 1. The Morgan fingerprint density at radius 2 is 2.00 bits per heavy atom. The third kappa shape index (κ3) is 5.21. The van der Waals surface area contributed by atoms with E-state index in [1.54, 1.807) is 25.3 Å². The average molecular weight is 408 g/mol. The van der Waals surface area contributed by atoms with Crippen LogP contribution in [0.3, 0.4) is 0 Å². The Bertz CT molecular complexity index is 1040. The van der Waals surface area contributed by atoms with Gasteiger partial charge in [-0.05, 0) is 54.5 Å². The number of methoxy groups -OCH3 is 1. The number of ether oxygens (including phenoxy) is 2. The Morgan fingerprint density at radius 3 is 2.69 bits per heavy atom. The first-order chi connectivity index (χ1) is 14.1. The van der Waals surface area contributed by atoms with Crippen molar-refractivity contribution in [1.82, 2.24) is 4.98 Å². The summed E-state index contributed by atoms with van der Waals surface area (Å²) < 4.78 is 24.3. The minimum absolute atomic E-state index is 0.293. The lowest BCUT2D eigenvalue weighted by molar-refractivity contribution is 0.288. The third-order valence-electron chi connectivity index (χ3n) is 4.25. The number of unbranched alkanes of at least 4 members (excludes halogenated alkanes) is 1. The summed E-state index contributed by atoms with van der Waals surface area (Å²) in [4.78, 5) is 4.54. The van der Waals surface area contributed by atoms with E-state index < -0.39 is 0 Å². The second-order valence-corrected chi connectivity index (χ2v) is 7.19. The molecule has 0 bridgehead atoms. The maximum Gasteiger partial charge on any atom is 0.161 e. The van der Waals surface area contributed by atoms with Crippen molar-refractivity contribution in [3.8, 4) is 28.8 Å². The summed E-state index contributed by atoms with van der Waals surface area (Å²) in [5.41, 5.74) is 2.80. The van der Waals surface area contributed by atoms with Crippen LogP contribution in [0.25, 0.3) is 22.9 Å². The van der Waals surface area contributed by atoms with E-state index in [9.17, 15) is 9.65 Å². The summed E-state index contributed by atoms with van der Waals surface area (Å²) in [6.45, 7) is 2.71. The van der Waals surface area contributed by atoms with Crippen molar-refractivity contribution < 1.29 is 13.9 Å². The molecule has 0 aliphatic rings. The van der Waals surface area contributed by atoms with Crippen LogP contribution in [0.5, 0.6) is 11.5 Å². The van der Waals surface area contributed by atoms with Crippen molar-refractivity contribution in [2.24, 2.45) is 0 Å². The van der Waals surface area contributed by atoms with Crippen LogP contribution in [-0.4, -0.2) is 18.7 Å². The molecule has 0 fully saturated rings. The van der Waals surface area contributed by atoms with Crippen LogP contribution in [-0.2, 0) is 0 Å². The quantitative estimate of drug-likeness (QED) is 0.329. The van der Waals surface area contributed by atoms with E-state index in [1.807, 2.05) is 23.6 Å². The summed E-state index contributed by atoms with van der Waals surface area (Å²) in [6, 6.07) is 13.9. The largest absolute Gasteiger partial charge is 0.493 e. The molecular formula is C23H21FN2O2S. The van der Waals surface area contributed by atoms with Crippen molar-refractivity contribution in [2.45, 2.75) is 19.8 Å². The van der Waals surface area contributed by atoms with Crippen LogP contribution >= 0.6 is 11.3 Å². The normalized spacial score (nSPS) is 11.2. The SMILES string of the molecule is CCCCOc1cc(/C=C(\C#N)c2nc(-c3ccc(F)cc3)cs2)ccc1OC. The number of nitriles is 1. The van der Waals surface area contributed by atoms with Gasteiger partial charge in [-0.3, -0.25) is 0 Å². The van der Waals surface area contributed by atoms with Crippen molar-refractivity contribution in [2.75, 3.05) is 13.7 Å². The first-order valence-electron chi connectivity index (χ1n) is 9.29. The van der Waals surface area contributed by atoms with Gasteiger partial charge in [0.05, 0.1) is 25.0 Å². The zero-order valence-corrected chi connectivity index (χ0v) is 17.1. The summed E-state index contributed by atoms with van der Waals surface area (Å²) in [5.74, 6) is 1.01. The molecule has 3 aromatic rings. The number of rotatable bonds is 8. The molecule has 0 unspecified atom stereocenters. The number of nitrogens with zero attached hydrogens (tertiary/aromatic N) is 2. The number of benzene rings is 2. The molecule has 0 aliphatic carbocycles. The molecule has 1 heterocycles. The molecule has 148 valence electrons. The lowest BCUT2D eigenvalue weighted by atomic mass is 10.1. The molecule has 6 heteroatoms. The number of aromatic nitrogens is 1. The third-order valence-corrected chi connectivity index (χ3v) is 5.12. The first kappa shape index (κ1) is 20.6. The van der Waals surface area contributed by atoms with E-state index in [-0.39, 0.29) is 5.82 Å². The Morgan fingerprint density at radius 1 is 1.21 bits per heavy atom. The van der Waals surface area contributed by atoms with Gasteiger partial charge in [0.15, 0.2) is 11.5 Å². The monoisotopic (exact) mass is 408 g/mol. The highest BCUT2D eigenvalue weighted by Gasteiger charge is 2.11. The van der Waals surface area contributed by atoms with Crippen molar-refractivity contribution in [3.05, 3.63) is 64.2 Å². The average Bonchev–Trinajstić information content (AvgIpc) is 3.23. The molecule has 4 nitrogen and oxygen atoms in total.